The van der Waals surface area contributed by atoms with E-state index < -0.39 is 12.0 Å². The van der Waals surface area contributed by atoms with Gasteiger partial charge in [-0.3, -0.25) is 10.1 Å². The highest BCUT2D eigenvalue weighted by molar-refractivity contribution is 9.10. The summed E-state index contributed by atoms with van der Waals surface area (Å²) < 4.78 is 13.0. The van der Waals surface area contributed by atoms with E-state index in [9.17, 15) is 9.59 Å². The van der Waals surface area contributed by atoms with Crippen molar-refractivity contribution in [2.45, 2.75) is 6.54 Å². The molecule has 0 aliphatic rings. The lowest BCUT2D eigenvalue weighted by Crippen LogP contribution is -2.33. The molecule has 0 atom stereocenters. The molecule has 0 aliphatic heterocycles. The summed E-state index contributed by atoms with van der Waals surface area (Å²) in [6, 6.07) is 9.69. The third kappa shape index (κ3) is 5.64. The molecule has 2 aromatic heterocycles. The number of ether oxygens (including phenoxy) is 2. The summed E-state index contributed by atoms with van der Waals surface area (Å²) in [5.74, 6) is 0.0932. The van der Waals surface area contributed by atoms with Crippen molar-refractivity contribution in [3.63, 3.8) is 0 Å². The van der Waals surface area contributed by atoms with Crippen LogP contribution in [0, 0.1) is 0 Å². The molecule has 2 amide bonds. The number of aromatic nitrogens is 4. The topological polar surface area (TPSA) is 108 Å². The molecule has 9 nitrogen and oxygen atoms in total. The zero-order valence-electron chi connectivity index (χ0n) is 16.3. The molecular formula is C21H18BrN5O4. The van der Waals surface area contributed by atoms with Crippen LogP contribution in [-0.2, 0) is 6.54 Å². The van der Waals surface area contributed by atoms with Gasteiger partial charge in [0.15, 0.2) is 5.82 Å². The van der Waals surface area contributed by atoms with Gasteiger partial charge in [0.25, 0.3) is 5.91 Å². The van der Waals surface area contributed by atoms with Crippen LogP contribution in [0.1, 0.15) is 10.4 Å². The van der Waals surface area contributed by atoms with Crippen LogP contribution in [0.15, 0.2) is 72.5 Å². The van der Waals surface area contributed by atoms with Crippen LogP contribution >= 0.6 is 15.9 Å². The van der Waals surface area contributed by atoms with Crippen molar-refractivity contribution >= 4 is 27.9 Å². The highest BCUT2D eigenvalue weighted by atomic mass is 79.9. The van der Waals surface area contributed by atoms with Crippen molar-refractivity contribution in [2.24, 2.45) is 0 Å². The Balaban J connectivity index is 1.72. The summed E-state index contributed by atoms with van der Waals surface area (Å²) in [5, 5.41) is 10.0. The maximum absolute atomic E-state index is 12.6. The second-order valence-electron chi connectivity index (χ2n) is 6.04. The largest absolute Gasteiger partial charge is 0.489 e. The van der Waals surface area contributed by atoms with Crippen LogP contribution in [0.5, 0.6) is 11.6 Å². The Labute approximate surface area is 186 Å². The first-order valence-electron chi connectivity index (χ1n) is 9.04. The molecule has 0 spiro atoms. The van der Waals surface area contributed by atoms with Crippen LogP contribution in [0.25, 0.3) is 11.5 Å². The Morgan fingerprint density at radius 3 is 2.81 bits per heavy atom. The van der Waals surface area contributed by atoms with E-state index in [0.29, 0.717) is 28.3 Å². The monoisotopic (exact) mass is 483 g/mol. The first kappa shape index (κ1) is 21.9. The number of allylic oxidation sites excluding steroid dienone is 1. The number of halogens is 1. The van der Waals surface area contributed by atoms with Crippen LogP contribution in [0.2, 0.25) is 0 Å². The Morgan fingerprint density at radius 1 is 1.19 bits per heavy atom. The van der Waals surface area contributed by atoms with Gasteiger partial charge in [-0.05, 0) is 24.3 Å². The minimum absolute atomic E-state index is 0.00618. The minimum atomic E-state index is -0.989. The first-order chi connectivity index (χ1) is 15.0. The number of carbonyl (C=O) groups excluding carboxylic acids is 2. The summed E-state index contributed by atoms with van der Waals surface area (Å²) in [6.45, 7) is 7.96. The predicted molar refractivity (Wildman–Crippen MR) is 117 cm³/mol. The van der Waals surface area contributed by atoms with Crippen molar-refractivity contribution in [3.8, 4) is 23.1 Å². The number of hydrogen-bond acceptors (Lipinski definition) is 7. The van der Waals surface area contributed by atoms with Gasteiger partial charge in [0, 0.05) is 17.1 Å². The normalized spacial score (nSPS) is 10.2. The average molecular weight is 484 g/mol. The van der Waals surface area contributed by atoms with Gasteiger partial charge in [-0.25, -0.2) is 9.78 Å². The fourth-order valence-corrected chi connectivity index (χ4v) is 2.92. The summed E-state index contributed by atoms with van der Waals surface area (Å²) >= 11 is 3.30. The fraction of sp³-hybridized carbons (Fsp3) is 0.0952. The molecule has 3 rings (SSSR count). The number of benzene rings is 1. The number of pyridine rings is 1. The summed E-state index contributed by atoms with van der Waals surface area (Å²) in [4.78, 5) is 29.1. The third-order valence-corrected chi connectivity index (χ3v) is 4.34. The van der Waals surface area contributed by atoms with E-state index in [1.807, 2.05) is 0 Å². The van der Waals surface area contributed by atoms with E-state index in [0.717, 1.165) is 0 Å². The van der Waals surface area contributed by atoms with Gasteiger partial charge >= 0.3 is 6.09 Å². The number of nitrogens with zero attached hydrogens (tertiary/aromatic N) is 4. The number of amides is 2. The molecule has 3 aromatic rings. The number of imide groups is 1. The lowest BCUT2D eigenvalue weighted by molar-refractivity contribution is 0.0947. The van der Waals surface area contributed by atoms with Gasteiger partial charge in [0.1, 0.15) is 24.4 Å². The highest BCUT2D eigenvalue weighted by Crippen LogP contribution is 2.23. The maximum Gasteiger partial charge on any atom is 0.420 e. The van der Waals surface area contributed by atoms with Crippen molar-refractivity contribution in [1.29, 1.82) is 0 Å². The van der Waals surface area contributed by atoms with E-state index in [1.54, 1.807) is 47.3 Å². The molecule has 0 aliphatic carbocycles. The maximum atomic E-state index is 12.6. The molecule has 1 aromatic carbocycles. The molecule has 0 bridgehead atoms. The van der Waals surface area contributed by atoms with Crippen LogP contribution < -0.4 is 14.8 Å². The quantitative estimate of drug-likeness (QED) is 0.485. The molecule has 158 valence electrons. The predicted octanol–water partition coefficient (Wildman–Crippen LogP) is 3.78. The number of nitrogens with one attached hydrogen (secondary N) is 1. The highest BCUT2D eigenvalue weighted by Gasteiger charge is 2.18. The van der Waals surface area contributed by atoms with Crippen molar-refractivity contribution < 1.29 is 19.1 Å². The van der Waals surface area contributed by atoms with Gasteiger partial charge in [0.2, 0.25) is 5.88 Å². The van der Waals surface area contributed by atoms with Crippen LogP contribution in [-0.4, -0.2) is 38.4 Å². The molecule has 10 heteroatoms. The number of hydrogen-bond donors (Lipinski definition) is 1. The second-order valence-corrected chi connectivity index (χ2v) is 6.96. The Morgan fingerprint density at radius 2 is 2.03 bits per heavy atom. The average Bonchev–Trinajstić information content (AvgIpc) is 3.21. The second kappa shape index (κ2) is 10.3. The molecule has 0 unspecified atom stereocenters. The molecule has 2 heterocycles. The van der Waals surface area contributed by atoms with Crippen LogP contribution in [0.3, 0.4) is 0 Å². The van der Waals surface area contributed by atoms with E-state index >= 15 is 0 Å². The standard InChI is InChI=1S/C21H18BrN5O4/c1-3-10-27-13-23-26-19(27)16-6-5-7-18(24-16)31-21(29)25-20(28)15-12-14(22)8-9-17(15)30-11-4-2/h3-9,12-13H,1-2,10-11H2,(H,25,28,29). The van der Waals surface area contributed by atoms with Crippen molar-refractivity contribution in [1.82, 2.24) is 25.1 Å². The van der Waals surface area contributed by atoms with E-state index in [1.165, 1.54) is 12.1 Å². The molecule has 0 saturated heterocycles. The molecular weight excluding hydrogens is 466 g/mol. The van der Waals surface area contributed by atoms with E-state index in [2.05, 4.69) is 49.6 Å². The van der Waals surface area contributed by atoms with E-state index in [-0.39, 0.29) is 18.1 Å². The first-order valence-corrected chi connectivity index (χ1v) is 9.83. The van der Waals surface area contributed by atoms with Gasteiger partial charge in [-0.1, -0.05) is 40.7 Å². The molecule has 0 radical (unpaired) electrons. The van der Waals surface area contributed by atoms with Crippen molar-refractivity contribution in [2.75, 3.05) is 6.61 Å². The SMILES string of the molecule is C=CCOc1ccc(Br)cc1C(=O)NC(=O)Oc1cccc(-c2nncn2CC=C)n1. The zero-order valence-corrected chi connectivity index (χ0v) is 17.9. The minimum Gasteiger partial charge on any atom is -0.489 e. The Kier molecular flexibility index (Phi) is 7.28. The van der Waals surface area contributed by atoms with Crippen LogP contribution in [0.4, 0.5) is 4.79 Å². The number of carbonyl (C=O) groups is 2. The summed E-state index contributed by atoms with van der Waals surface area (Å²) in [6.07, 6.45) is 3.80. The smallest absolute Gasteiger partial charge is 0.420 e. The lowest BCUT2D eigenvalue weighted by Gasteiger charge is -2.11. The Hall–Kier alpha value is -3.79. The van der Waals surface area contributed by atoms with E-state index in [4.69, 9.17) is 9.47 Å². The third-order valence-electron chi connectivity index (χ3n) is 3.85. The summed E-state index contributed by atoms with van der Waals surface area (Å²) in [7, 11) is 0. The molecule has 0 saturated carbocycles. The molecule has 1 N–H and O–H groups in total. The molecule has 31 heavy (non-hydrogen) atoms. The van der Waals surface area contributed by atoms with Crippen molar-refractivity contribution in [3.05, 3.63) is 78.1 Å². The zero-order chi connectivity index (χ0) is 22.2. The van der Waals surface area contributed by atoms with Gasteiger partial charge < -0.3 is 14.0 Å². The van der Waals surface area contributed by atoms with Gasteiger partial charge in [0.05, 0.1) is 5.56 Å². The van der Waals surface area contributed by atoms with Gasteiger partial charge in [-0.15, -0.1) is 16.8 Å². The Bertz CT molecular complexity index is 1130. The van der Waals surface area contributed by atoms with Gasteiger partial charge in [-0.2, -0.15) is 0 Å². The molecule has 0 fully saturated rings. The lowest BCUT2D eigenvalue weighted by atomic mass is 10.2. The summed E-state index contributed by atoms with van der Waals surface area (Å²) in [5.41, 5.74) is 0.607. The fourth-order valence-electron chi connectivity index (χ4n) is 2.56. The number of rotatable bonds is 8.